The zero-order chi connectivity index (χ0) is 15.4. The smallest absolute Gasteiger partial charge is 0.223 e. The first-order chi connectivity index (χ1) is 10.7. The van der Waals surface area contributed by atoms with E-state index in [0.717, 1.165) is 32.7 Å². The first kappa shape index (κ1) is 14.8. The summed E-state index contributed by atoms with van der Waals surface area (Å²) < 4.78 is 0. The number of hydrogen-bond acceptors (Lipinski definition) is 2. The lowest BCUT2D eigenvalue weighted by molar-refractivity contribution is -0.128. The third-order valence-electron chi connectivity index (χ3n) is 4.19. The number of nitrogens with zero attached hydrogens (tertiary/aromatic N) is 2. The highest BCUT2D eigenvalue weighted by Crippen LogP contribution is 2.20. The van der Waals surface area contributed by atoms with Crippen molar-refractivity contribution >= 4 is 5.91 Å². The molecule has 0 saturated carbocycles. The monoisotopic (exact) mass is 293 g/mol. The minimum atomic E-state index is -0.0631. The molecule has 3 nitrogen and oxygen atoms in total. The van der Waals surface area contributed by atoms with Gasteiger partial charge in [-0.05, 0) is 16.7 Å². The molecule has 0 N–H and O–H groups in total. The van der Waals surface area contributed by atoms with Gasteiger partial charge in [-0.25, -0.2) is 0 Å². The predicted octanol–water partition coefficient (Wildman–Crippen LogP) is 2.83. The molecule has 0 unspecified atom stereocenters. The lowest BCUT2D eigenvalue weighted by Gasteiger charge is -2.34. The van der Waals surface area contributed by atoms with E-state index >= 15 is 0 Å². The topological polar surface area (TPSA) is 23.6 Å². The molecule has 2 aromatic rings. The highest BCUT2D eigenvalue weighted by molar-refractivity contribution is 5.80. The van der Waals surface area contributed by atoms with Crippen molar-refractivity contribution in [3.05, 3.63) is 67.1 Å². The Hall–Kier alpha value is -2.13. The summed E-state index contributed by atoms with van der Waals surface area (Å²) in [5, 5.41) is 0. The molecule has 0 bridgehead atoms. The van der Waals surface area contributed by atoms with Gasteiger partial charge in [0.15, 0.2) is 0 Å². The molecule has 3 heteroatoms. The molecule has 1 aliphatic heterocycles. The number of amides is 1. The lowest BCUT2D eigenvalue weighted by atomic mass is 10.0. The Balaban J connectivity index is 1.59. The van der Waals surface area contributed by atoms with Gasteiger partial charge in [0, 0.05) is 39.6 Å². The normalized spacial score (nSPS) is 15.8. The molecule has 1 fully saturated rings. The van der Waals surface area contributed by atoms with E-state index in [4.69, 9.17) is 0 Å². The van der Waals surface area contributed by atoms with Gasteiger partial charge >= 0.3 is 0 Å². The summed E-state index contributed by atoms with van der Waals surface area (Å²) in [4.78, 5) is 15.4. The maximum atomic E-state index is 11.2. The summed E-state index contributed by atoms with van der Waals surface area (Å²) in [6.45, 7) is 7.82. The molecule has 0 spiro atoms. The molecule has 22 heavy (non-hydrogen) atoms. The van der Waals surface area contributed by atoms with Gasteiger partial charge in [-0.2, -0.15) is 0 Å². The van der Waals surface area contributed by atoms with Gasteiger partial charge in [-0.3, -0.25) is 9.69 Å². The van der Waals surface area contributed by atoms with E-state index in [1.165, 1.54) is 16.7 Å². The Morgan fingerprint density at radius 3 is 2.05 bits per heavy atom. The molecule has 1 heterocycles. The Kier molecular flexibility index (Phi) is 4.54. The van der Waals surface area contributed by atoms with Crippen LogP contribution in [0.15, 0.2) is 54.6 Å². The second kappa shape index (κ2) is 6.75. The number of carbonyl (C=O) groups excluding carboxylic acids is 1. The summed E-state index contributed by atoms with van der Waals surface area (Å²) in [5.74, 6) is -0.0631. The molecular weight excluding hydrogens is 272 g/mol. The minimum Gasteiger partial charge on any atom is -0.340 e. The van der Waals surface area contributed by atoms with Crippen molar-refractivity contribution < 1.29 is 4.79 Å². The van der Waals surface area contributed by atoms with Crippen LogP contribution in [0.5, 0.6) is 0 Å². The molecule has 0 aromatic heterocycles. The highest BCUT2D eigenvalue weighted by atomic mass is 16.2. The van der Waals surface area contributed by atoms with Crippen molar-refractivity contribution in [2.75, 3.05) is 26.2 Å². The molecule has 1 amide bonds. The quantitative estimate of drug-likeness (QED) is 0.869. The molecule has 0 aliphatic carbocycles. The maximum Gasteiger partial charge on any atom is 0.223 e. The van der Waals surface area contributed by atoms with Crippen LogP contribution in [0.1, 0.15) is 5.56 Å². The van der Waals surface area contributed by atoms with Crippen LogP contribution >= 0.6 is 0 Å². The standard InChI is InChI=1S/C19H21N2O/c1-16(22)21-13-11-20(12-14-21)15-17-7-9-19(10-8-17)18-5-3-2-4-6-18/h2-10H,1,11-15H2. The lowest BCUT2D eigenvalue weighted by Crippen LogP contribution is -2.47. The van der Waals surface area contributed by atoms with Gasteiger partial charge in [0.25, 0.3) is 0 Å². The number of piperazine rings is 1. The molecule has 0 atom stereocenters. The van der Waals surface area contributed by atoms with Crippen molar-refractivity contribution in [1.29, 1.82) is 0 Å². The maximum absolute atomic E-state index is 11.2. The van der Waals surface area contributed by atoms with Crippen LogP contribution in [-0.4, -0.2) is 41.9 Å². The van der Waals surface area contributed by atoms with Gasteiger partial charge in [-0.1, -0.05) is 54.6 Å². The van der Waals surface area contributed by atoms with Crippen molar-refractivity contribution in [3.8, 4) is 11.1 Å². The van der Waals surface area contributed by atoms with E-state index < -0.39 is 0 Å². The largest absolute Gasteiger partial charge is 0.340 e. The summed E-state index contributed by atoms with van der Waals surface area (Å²) in [7, 11) is 0. The second-order valence-electron chi connectivity index (χ2n) is 5.72. The Morgan fingerprint density at radius 2 is 1.45 bits per heavy atom. The summed E-state index contributed by atoms with van der Waals surface area (Å²) in [5.41, 5.74) is 3.81. The van der Waals surface area contributed by atoms with Crippen molar-refractivity contribution in [2.45, 2.75) is 6.54 Å². The van der Waals surface area contributed by atoms with E-state index in [1.54, 1.807) is 0 Å². The Bertz CT molecular complexity index is 614. The predicted molar refractivity (Wildman–Crippen MR) is 89.1 cm³/mol. The van der Waals surface area contributed by atoms with E-state index in [-0.39, 0.29) is 5.91 Å². The first-order valence-electron chi connectivity index (χ1n) is 7.70. The number of benzene rings is 2. The zero-order valence-electron chi connectivity index (χ0n) is 12.7. The highest BCUT2D eigenvalue weighted by Gasteiger charge is 2.18. The molecule has 2 aromatic carbocycles. The van der Waals surface area contributed by atoms with Crippen molar-refractivity contribution in [2.24, 2.45) is 0 Å². The fraction of sp³-hybridized carbons (Fsp3) is 0.263. The van der Waals surface area contributed by atoms with Crippen LogP contribution in [0.4, 0.5) is 0 Å². The molecule has 1 radical (unpaired) electrons. The fourth-order valence-corrected chi connectivity index (χ4v) is 2.85. The SMILES string of the molecule is [CH2]C(=O)N1CCN(Cc2ccc(-c3ccccc3)cc2)CC1. The van der Waals surface area contributed by atoms with Crippen LogP contribution < -0.4 is 0 Å². The van der Waals surface area contributed by atoms with Gasteiger partial charge in [0.2, 0.25) is 5.91 Å². The summed E-state index contributed by atoms with van der Waals surface area (Å²) in [6, 6.07) is 19.2. The van der Waals surface area contributed by atoms with Crippen LogP contribution in [0.3, 0.4) is 0 Å². The van der Waals surface area contributed by atoms with Gasteiger partial charge < -0.3 is 4.90 Å². The molecule has 1 saturated heterocycles. The minimum absolute atomic E-state index is 0.0631. The van der Waals surface area contributed by atoms with Crippen LogP contribution in [-0.2, 0) is 11.3 Å². The van der Waals surface area contributed by atoms with E-state index in [1.807, 2.05) is 11.0 Å². The Morgan fingerprint density at radius 1 is 0.864 bits per heavy atom. The third-order valence-corrected chi connectivity index (χ3v) is 4.19. The van der Waals surface area contributed by atoms with Crippen molar-refractivity contribution in [3.63, 3.8) is 0 Å². The average Bonchev–Trinajstić information content (AvgIpc) is 2.57. The van der Waals surface area contributed by atoms with E-state index in [2.05, 4.69) is 60.4 Å². The van der Waals surface area contributed by atoms with Gasteiger partial charge in [-0.15, -0.1) is 0 Å². The Labute approximate surface area is 132 Å². The van der Waals surface area contributed by atoms with Crippen LogP contribution in [0.25, 0.3) is 11.1 Å². The average molecular weight is 293 g/mol. The van der Waals surface area contributed by atoms with Crippen molar-refractivity contribution in [1.82, 2.24) is 9.80 Å². The summed E-state index contributed by atoms with van der Waals surface area (Å²) in [6.07, 6.45) is 0. The summed E-state index contributed by atoms with van der Waals surface area (Å²) >= 11 is 0. The number of carbonyl (C=O) groups is 1. The second-order valence-corrected chi connectivity index (χ2v) is 5.72. The van der Waals surface area contributed by atoms with Gasteiger partial charge in [0.1, 0.15) is 0 Å². The van der Waals surface area contributed by atoms with E-state index in [0.29, 0.717) is 0 Å². The molecule has 113 valence electrons. The molecule has 1 aliphatic rings. The third kappa shape index (κ3) is 3.55. The number of rotatable bonds is 3. The van der Waals surface area contributed by atoms with E-state index in [9.17, 15) is 4.79 Å². The van der Waals surface area contributed by atoms with Gasteiger partial charge in [0.05, 0.1) is 0 Å². The zero-order valence-corrected chi connectivity index (χ0v) is 12.7. The fourth-order valence-electron chi connectivity index (χ4n) is 2.85. The molecular formula is C19H21N2O. The van der Waals surface area contributed by atoms with Crippen LogP contribution in [0, 0.1) is 6.92 Å². The first-order valence-corrected chi connectivity index (χ1v) is 7.70. The molecule has 3 rings (SSSR count). The van der Waals surface area contributed by atoms with Crippen LogP contribution in [0.2, 0.25) is 0 Å². The number of hydrogen-bond donors (Lipinski definition) is 0.